The van der Waals surface area contributed by atoms with E-state index < -0.39 is 11.9 Å². The zero-order valence-corrected chi connectivity index (χ0v) is 15.6. The number of thiophene rings is 1. The van der Waals surface area contributed by atoms with Crippen molar-refractivity contribution in [3.63, 3.8) is 0 Å². The number of methoxy groups -OCH3 is 1. The third-order valence-corrected chi connectivity index (χ3v) is 4.93. The first-order valence-corrected chi connectivity index (χ1v) is 8.46. The van der Waals surface area contributed by atoms with Crippen LogP contribution in [0.4, 0.5) is 5.00 Å². The van der Waals surface area contributed by atoms with Gasteiger partial charge in [-0.2, -0.15) is 0 Å². The number of benzene rings is 1. The lowest BCUT2D eigenvalue weighted by Gasteiger charge is -2.09. The summed E-state index contributed by atoms with van der Waals surface area (Å²) in [6.45, 7) is 3.42. The summed E-state index contributed by atoms with van der Waals surface area (Å²) in [5, 5.41) is 3.90. The standard InChI is InChI=1S/C16H15Cl2NO4S/c1-8-9(2)24-15(14(8)16(21)22-3)19-13(20)7-23-12-5-4-10(17)6-11(12)18/h4-6H,7H2,1-3H3,(H,19,20). The molecule has 1 N–H and O–H groups in total. The summed E-state index contributed by atoms with van der Waals surface area (Å²) in [7, 11) is 1.30. The Kier molecular flexibility index (Phi) is 6.10. The van der Waals surface area contributed by atoms with E-state index in [1.165, 1.54) is 24.5 Å². The van der Waals surface area contributed by atoms with Gasteiger partial charge in [-0.25, -0.2) is 4.79 Å². The molecular formula is C16H15Cl2NO4S. The second kappa shape index (κ2) is 7.88. The van der Waals surface area contributed by atoms with Crippen molar-refractivity contribution in [1.82, 2.24) is 0 Å². The molecule has 1 heterocycles. The molecule has 0 saturated carbocycles. The fourth-order valence-corrected chi connectivity index (χ4v) is 3.49. The predicted octanol–water partition coefficient (Wildman–Crippen LogP) is 4.48. The fraction of sp³-hybridized carbons (Fsp3) is 0.250. The molecule has 0 spiro atoms. The van der Waals surface area contributed by atoms with E-state index in [1.807, 2.05) is 6.92 Å². The number of carbonyl (C=O) groups excluding carboxylic acids is 2. The Bertz CT molecular complexity index is 789. The average Bonchev–Trinajstić information content (AvgIpc) is 2.80. The summed E-state index contributed by atoms with van der Waals surface area (Å²) in [6.07, 6.45) is 0. The highest BCUT2D eigenvalue weighted by molar-refractivity contribution is 7.16. The molecule has 0 unspecified atom stereocenters. The largest absolute Gasteiger partial charge is 0.482 e. The van der Waals surface area contributed by atoms with Gasteiger partial charge in [-0.15, -0.1) is 11.3 Å². The minimum absolute atomic E-state index is 0.252. The maximum absolute atomic E-state index is 12.1. The van der Waals surface area contributed by atoms with Crippen molar-refractivity contribution in [2.45, 2.75) is 13.8 Å². The highest BCUT2D eigenvalue weighted by Crippen LogP contribution is 2.33. The average molecular weight is 388 g/mol. The van der Waals surface area contributed by atoms with Crippen LogP contribution in [0.25, 0.3) is 0 Å². The van der Waals surface area contributed by atoms with Gasteiger partial charge in [0, 0.05) is 9.90 Å². The van der Waals surface area contributed by atoms with Crippen LogP contribution in [-0.4, -0.2) is 25.6 Å². The molecular weight excluding hydrogens is 373 g/mol. The number of rotatable bonds is 5. The van der Waals surface area contributed by atoms with Crippen molar-refractivity contribution >= 4 is 51.4 Å². The summed E-state index contributed by atoms with van der Waals surface area (Å²) in [6, 6.07) is 4.72. The fourth-order valence-electron chi connectivity index (χ4n) is 1.96. The molecule has 0 aliphatic carbocycles. The molecule has 128 valence electrons. The molecule has 2 rings (SSSR count). The summed E-state index contributed by atoms with van der Waals surface area (Å²) in [4.78, 5) is 24.9. The van der Waals surface area contributed by atoms with Crippen molar-refractivity contribution in [1.29, 1.82) is 0 Å². The smallest absolute Gasteiger partial charge is 0.341 e. The van der Waals surface area contributed by atoms with Gasteiger partial charge in [-0.05, 0) is 37.6 Å². The third kappa shape index (κ3) is 4.20. The van der Waals surface area contributed by atoms with Crippen molar-refractivity contribution in [2.24, 2.45) is 0 Å². The molecule has 0 fully saturated rings. The van der Waals surface area contributed by atoms with Gasteiger partial charge in [0.15, 0.2) is 6.61 Å². The number of halogens is 2. The molecule has 24 heavy (non-hydrogen) atoms. The lowest BCUT2D eigenvalue weighted by Crippen LogP contribution is -2.21. The maximum atomic E-state index is 12.1. The number of anilines is 1. The van der Waals surface area contributed by atoms with E-state index in [0.29, 0.717) is 26.4 Å². The zero-order chi connectivity index (χ0) is 17.9. The Morgan fingerprint density at radius 2 is 1.96 bits per heavy atom. The van der Waals surface area contributed by atoms with Crippen molar-refractivity contribution in [3.05, 3.63) is 44.2 Å². The van der Waals surface area contributed by atoms with Crippen LogP contribution in [0.2, 0.25) is 10.0 Å². The van der Waals surface area contributed by atoms with E-state index in [4.69, 9.17) is 32.7 Å². The molecule has 5 nitrogen and oxygen atoms in total. The summed E-state index contributed by atoms with van der Waals surface area (Å²) in [5.74, 6) is -0.552. The summed E-state index contributed by atoms with van der Waals surface area (Å²) >= 11 is 13.1. The zero-order valence-electron chi connectivity index (χ0n) is 13.2. The van der Waals surface area contributed by atoms with Crippen molar-refractivity contribution < 1.29 is 19.1 Å². The normalized spacial score (nSPS) is 10.4. The van der Waals surface area contributed by atoms with Crippen LogP contribution >= 0.6 is 34.5 Å². The van der Waals surface area contributed by atoms with Gasteiger partial charge in [0.2, 0.25) is 0 Å². The van der Waals surface area contributed by atoms with Crippen molar-refractivity contribution in [2.75, 3.05) is 19.0 Å². The van der Waals surface area contributed by atoms with Gasteiger partial charge >= 0.3 is 5.97 Å². The van der Waals surface area contributed by atoms with Crippen LogP contribution in [0, 0.1) is 13.8 Å². The molecule has 1 aromatic heterocycles. The topological polar surface area (TPSA) is 64.6 Å². The Balaban J connectivity index is 2.07. The quantitative estimate of drug-likeness (QED) is 0.768. The van der Waals surface area contributed by atoms with Gasteiger partial charge in [-0.3, -0.25) is 4.79 Å². The van der Waals surface area contributed by atoms with Gasteiger partial charge in [0.1, 0.15) is 10.8 Å². The summed E-state index contributed by atoms with van der Waals surface area (Å²) in [5.41, 5.74) is 1.14. The first kappa shape index (κ1) is 18.6. The number of hydrogen-bond donors (Lipinski definition) is 1. The Morgan fingerprint density at radius 1 is 1.25 bits per heavy atom. The number of hydrogen-bond acceptors (Lipinski definition) is 5. The Labute approximate surface area is 153 Å². The van der Waals surface area contributed by atoms with Gasteiger partial charge < -0.3 is 14.8 Å². The Morgan fingerprint density at radius 3 is 2.58 bits per heavy atom. The molecule has 0 saturated heterocycles. The number of aryl methyl sites for hydroxylation is 1. The van der Waals surface area contributed by atoms with Crippen LogP contribution in [0.1, 0.15) is 20.8 Å². The minimum atomic E-state index is -0.492. The van der Waals surface area contributed by atoms with Crippen LogP contribution in [0.5, 0.6) is 5.75 Å². The van der Waals surface area contributed by atoms with Crippen LogP contribution in [0.3, 0.4) is 0 Å². The van der Waals surface area contributed by atoms with E-state index >= 15 is 0 Å². The van der Waals surface area contributed by atoms with E-state index in [2.05, 4.69) is 5.32 Å². The maximum Gasteiger partial charge on any atom is 0.341 e. The third-order valence-electron chi connectivity index (χ3n) is 3.28. The molecule has 1 aromatic carbocycles. The van der Waals surface area contributed by atoms with Crippen molar-refractivity contribution in [3.8, 4) is 5.75 Å². The highest BCUT2D eigenvalue weighted by atomic mass is 35.5. The predicted molar refractivity (Wildman–Crippen MR) is 95.7 cm³/mol. The lowest BCUT2D eigenvalue weighted by atomic mass is 10.1. The Hall–Kier alpha value is -1.76. The number of ether oxygens (including phenoxy) is 2. The highest BCUT2D eigenvalue weighted by Gasteiger charge is 2.21. The van der Waals surface area contributed by atoms with Gasteiger partial charge in [0.05, 0.1) is 17.7 Å². The molecule has 0 bridgehead atoms. The van der Waals surface area contributed by atoms with Crippen LogP contribution in [0.15, 0.2) is 18.2 Å². The molecule has 0 atom stereocenters. The molecule has 1 amide bonds. The molecule has 0 aliphatic heterocycles. The monoisotopic (exact) mass is 387 g/mol. The molecule has 2 aromatic rings. The van der Waals surface area contributed by atoms with E-state index in [1.54, 1.807) is 19.1 Å². The minimum Gasteiger partial charge on any atom is -0.482 e. The first-order valence-electron chi connectivity index (χ1n) is 6.89. The lowest BCUT2D eigenvalue weighted by molar-refractivity contribution is -0.118. The first-order chi connectivity index (χ1) is 11.3. The van der Waals surface area contributed by atoms with E-state index in [9.17, 15) is 9.59 Å². The number of amides is 1. The number of nitrogens with one attached hydrogen (secondary N) is 1. The van der Waals surface area contributed by atoms with Crippen LogP contribution < -0.4 is 10.1 Å². The van der Waals surface area contributed by atoms with Gasteiger partial charge in [0.25, 0.3) is 5.91 Å². The number of esters is 1. The SMILES string of the molecule is COC(=O)c1c(NC(=O)COc2ccc(Cl)cc2Cl)sc(C)c1C. The van der Waals surface area contributed by atoms with Crippen LogP contribution in [-0.2, 0) is 9.53 Å². The second-order valence-electron chi connectivity index (χ2n) is 4.89. The summed E-state index contributed by atoms with van der Waals surface area (Å²) < 4.78 is 10.1. The second-order valence-corrected chi connectivity index (χ2v) is 6.96. The number of carbonyl (C=O) groups is 2. The van der Waals surface area contributed by atoms with E-state index in [0.717, 1.165) is 10.4 Å². The molecule has 0 aliphatic rings. The molecule has 8 heteroatoms. The van der Waals surface area contributed by atoms with Gasteiger partial charge in [-0.1, -0.05) is 23.2 Å². The molecule has 0 radical (unpaired) electrons. The van der Waals surface area contributed by atoms with E-state index in [-0.39, 0.29) is 6.61 Å².